The van der Waals surface area contributed by atoms with Crippen LogP contribution in [0, 0.1) is 0 Å². The zero-order chi connectivity index (χ0) is 15.0. The smallest absolute Gasteiger partial charge is 0.250 e. The number of unbranched alkanes of at least 4 members (excludes halogenated alkanes) is 3. The molecule has 0 aromatic heterocycles. The monoisotopic (exact) mass is 318 g/mol. The van der Waals surface area contributed by atoms with E-state index in [4.69, 9.17) is 33.7 Å². The predicted octanol–water partition coefficient (Wildman–Crippen LogP) is 4.11. The van der Waals surface area contributed by atoms with Crippen LogP contribution in [-0.4, -0.2) is 19.1 Å². The van der Waals surface area contributed by atoms with E-state index in [0.29, 0.717) is 28.0 Å². The molecule has 0 aliphatic carbocycles. The molecular formula is C14H20Cl2N2O2. The predicted molar refractivity (Wildman–Crippen MR) is 84.5 cm³/mol. The molecule has 3 N–H and O–H groups in total. The average Bonchev–Trinajstić information content (AvgIpc) is 2.38. The zero-order valence-corrected chi connectivity index (χ0v) is 13.1. The van der Waals surface area contributed by atoms with Crippen LogP contribution < -0.4 is 11.1 Å². The molecule has 0 radical (unpaired) electrons. The number of nitrogens with one attached hydrogen (secondary N) is 1. The molecule has 0 bridgehead atoms. The van der Waals surface area contributed by atoms with Gasteiger partial charge in [0.05, 0.1) is 16.4 Å². The van der Waals surface area contributed by atoms with Crippen molar-refractivity contribution in [3.63, 3.8) is 0 Å². The molecule has 0 spiro atoms. The first-order valence-electron chi connectivity index (χ1n) is 6.66. The Hall–Kier alpha value is -0.970. The van der Waals surface area contributed by atoms with Crippen LogP contribution in [0.15, 0.2) is 12.1 Å². The van der Waals surface area contributed by atoms with Gasteiger partial charge in [-0.1, -0.05) is 49.4 Å². The molecule has 0 aliphatic heterocycles. The van der Waals surface area contributed by atoms with Crippen molar-refractivity contribution in [2.75, 3.05) is 24.3 Å². The molecular weight excluding hydrogens is 299 g/mol. The number of carbonyl (C=O) groups excluding carboxylic acids is 1. The molecule has 1 aromatic carbocycles. The van der Waals surface area contributed by atoms with Gasteiger partial charge in [0.25, 0.3) is 0 Å². The summed E-state index contributed by atoms with van der Waals surface area (Å²) in [5.74, 6) is -0.281. The first-order valence-corrected chi connectivity index (χ1v) is 7.42. The van der Waals surface area contributed by atoms with E-state index in [1.54, 1.807) is 0 Å². The van der Waals surface area contributed by atoms with Crippen LogP contribution in [0.25, 0.3) is 0 Å². The van der Waals surface area contributed by atoms with Crippen molar-refractivity contribution in [1.29, 1.82) is 0 Å². The summed E-state index contributed by atoms with van der Waals surface area (Å²) in [6, 6.07) is 3.06. The second-order valence-corrected chi connectivity index (χ2v) is 5.36. The van der Waals surface area contributed by atoms with Gasteiger partial charge in [-0.05, 0) is 18.6 Å². The fraction of sp³-hybridized carbons (Fsp3) is 0.500. The summed E-state index contributed by atoms with van der Waals surface area (Å²) < 4.78 is 5.30. The molecule has 0 saturated heterocycles. The van der Waals surface area contributed by atoms with Crippen molar-refractivity contribution in [2.45, 2.75) is 32.6 Å². The van der Waals surface area contributed by atoms with Crippen LogP contribution in [0.2, 0.25) is 10.0 Å². The Morgan fingerprint density at radius 3 is 2.70 bits per heavy atom. The molecule has 0 aliphatic rings. The first kappa shape index (κ1) is 17.1. The Morgan fingerprint density at radius 2 is 2.05 bits per heavy atom. The third-order valence-corrected chi connectivity index (χ3v) is 3.24. The lowest BCUT2D eigenvalue weighted by molar-refractivity contribution is -0.120. The van der Waals surface area contributed by atoms with Crippen LogP contribution in [0.4, 0.5) is 11.4 Å². The van der Waals surface area contributed by atoms with Crippen LogP contribution in [-0.2, 0) is 9.53 Å². The Balaban J connectivity index is 2.36. The third-order valence-electron chi connectivity index (χ3n) is 2.73. The molecule has 0 saturated carbocycles. The maximum Gasteiger partial charge on any atom is 0.250 e. The van der Waals surface area contributed by atoms with Gasteiger partial charge in [0.15, 0.2) is 0 Å². The highest BCUT2D eigenvalue weighted by molar-refractivity contribution is 6.37. The summed E-state index contributed by atoms with van der Waals surface area (Å²) in [4.78, 5) is 11.7. The van der Waals surface area contributed by atoms with E-state index in [1.807, 2.05) is 0 Å². The second-order valence-electron chi connectivity index (χ2n) is 4.51. The van der Waals surface area contributed by atoms with Crippen molar-refractivity contribution >= 4 is 40.5 Å². The van der Waals surface area contributed by atoms with Crippen LogP contribution in [0.3, 0.4) is 0 Å². The van der Waals surface area contributed by atoms with Gasteiger partial charge in [0.2, 0.25) is 5.91 Å². The Kier molecular flexibility index (Phi) is 7.73. The molecule has 1 aromatic rings. The number of nitrogen functional groups attached to an aromatic ring is 1. The zero-order valence-electron chi connectivity index (χ0n) is 11.5. The number of ether oxygens (including phenoxy) is 1. The largest absolute Gasteiger partial charge is 0.397 e. The van der Waals surface area contributed by atoms with Gasteiger partial charge in [-0.15, -0.1) is 0 Å². The fourth-order valence-electron chi connectivity index (χ4n) is 1.70. The minimum absolute atomic E-state index is 0.00940. The van der Waals surface area contributed by atoms with Gasteiger partial charge in [-0.3, -0.25) is 4.79 Å². The van der Waals surface area contributed by atoms with Gasteiger partial charge in [-0.2, -0.15) is 0 Å². The summed E-state index contributed by atoms with van der Waals surface area (Å²) >= 11 is 11.8. The van der Waals surface area contributed by atoms with E-state index in [2.05, 4.69) is 12.2 Å². The molecule has 0 fully saturated rings. The van der Waals surface area contributed by atoms with Crippen molar-refractivity contribution in [3.8, 4) is 0 Å². The van der Waals surface area contributed by atoms with Gasteiger partial charge in [0, 0.05) is 11.6 Å². The normalized spacial score (nSPS) is 10.6. The maximum absolute atomic E-state index is 11.7. The summed E-state index contributed by atoms with van der Waals surface area (Å²) in [6.07, 6.45) is 4.44. The number of halogens is 2. The molecule has 0 unspecified atom stereocenters. The van der Waals surface area contributed by atoms with E-state index in [-0.39, 0.29) is 12.5 Å². The van der Waals surface area contributed by atoms with Gasteiger partial charge in [0.1, 0.15) is 6.61 Å². The lowest BCUT2D eigenvalue weighted by Gasteiger charge is -2.11. The third kappa shape index (κ3) is 5.99. The van der Waals surface area contributed by atoms with Crippen molar-refractivity contribution < 1.29 is 9.53 Å². The molecule has 112 valence electrons. The number of amides is 1. The fourth-order valence-corrected chi connectivity index (χ4v) is 2.25. The highest BCUT2D eigenvalue weighted by Crippen LogP contribution is 2.31. The number of hydrogen-bond donors (Lipinski definition) is 2. The molecule has 0 heterocycles. The van der Waals surface area contributed by atoms with Crippen LogP contribution in [0.1, 0.15) is 32.6 Å². The summed E-state index contributed by atoms with van der Waals surface area (Å²) in [7, 11) is 0. The maximum atomic E-state index is 11.7. The molecule has 1 rings (SSSR count). The minimum Gasteiger partial charge on any atom is -0.397 e. The molecule has 6 heteroatoms. The van der Waals surface area contributed by atoms with Crippen LogP contribution in [0.5, 0.6) is 0 Å². The SMILES string of the molecule is CCCCCCOCC(=O)Nc1c(N)cc(Cl)cc1Cl. The molecule has 0 atom stereocenters. The first-order chi connectivity index (χ1) is 9.54. The van der Waals surface area contributed by atoms with Gasteiger partial charge < -0.3 is 15.8 Å². The number of carbonyl (C=O) groups is 1. The highest BCUT2D eigenvalue weighted by Gasteiger charge is 2.10. The molecule has 1 amide bonds. The van der Waals surface area contributed by atoms with E-state index >= 15 is 0 Å². The average molecular weight is 319 g/mol. The molecule has 20 heavy (non-hydrogen) atoms. The number of benzene rings is 1. The summed E-state index contributed by atoms with van der Waals surface area (Å²) in [6.45, 7) is 2.72. The highest BCUT2D eigenvalue weighted by atomic mass is 35.5. The number of nitrogens with two attached hydrogens (primary N) is 1. The Bertz CT molecular complexity index is 430. The number of anilines is 2. The van der Waals surface area contributed by atoms with Crippen molar-refractivity contribution in [3.05, 3.63) is 22.2 Å². The summed E-state index contributed by atoms with van der Waals surface area (Å²) in [5, 5.41) is 3.37. The molecule has 4 nitrogen and oxygen atoms in total. The lowest BCUT2D eigenvalue weighted by Crippen LogP contribution is -2.19. The van der Waals surface area contributed by atoms with E-state index in [1.165, 1.54) is 25.0 Å². The Morgan fingerprint density at radius 1 is 1.30 bits per heavy atom. The second kappa shape index (κ2) is 9.06. The van der Waals surface area contributed by atoms with Gasteiger partial charge >= 0.3 is 0 Å². The van der Waals surface area contributed by atoms with Crippen molar-refractivity contribution in [1.82, 2.24) is 0 Å². The number of hydrogen-bond acceptors (Lipinski definition) is 3. The quantitative estimate of drug-likeness (QED) is 0.560. The minimum atomic E-state index is -0.281. The van der Waals surface area contributed by atoms with E-state index < -0.39 is 0 Å². The topological polar surface area (TPSA) is 64.3 Å². The van der Waals surface area contributed by atoms with Gasteiger partial charge in [-0.25, -0.2) is 0 Å². The van der Waals surface area contributed by atoms with E-state index in [0.717, 1.165) is 12.8 Å². The van der Waals surface area contributed by atoms with Crippen LogP contribution >= 0.6 is 23.2 Å². The van der Waals surface area contributed by atoms with E-state index in [9.17, 15) is 4.79 Å². The Labute approximate surface area is 129 Å². The van der Waals surface area contributed by atoms with Crippen molar-refractivity contribution in [2.24, 2.45) is 0 Å². The summed E-state index contributed by atoms with van der Waals surface area (Å²) in [5.41, 5.74) is 6.46. The standard InChI is InChI=1S/C14H20Cl2N2O2/c1-2-3-4-5-6-20-9-13(19)18-14-11(16)7-10(15)8-12(14)17/h7-8H,2-6,9,17H2,1H3,(H,18,19). The lowest BCUT2D eigenvalue weighted by atomic mass is 10.2. The number of rotatable bonds is 8.